The fourth-order valence-electron chi connectivity index (χ4n) is 2.66. The van der Waals surface area contributed by atoms with Crippen LogP contribution in [0.5, 0.6) is 0 Å². The predicted octanol–water partition coefficient (Wildman–Crippen LogP) is 3.66. The zero-order valence-electron chi connectivity index (χ0n) is 15.5. The van der Waals surface area contributed by atoms with Crippen molar-refractivity contribution in [3.05, 3.63) is 65.5 Å². The second-order valence-corrected chi connectivity index (χ2v) is 6.54. The van der Waals surface area contributed by atoms with Crippen molar-refractivity contribution in [1.29, 1.82) is 0 Å². The van der Waals surface area contributed by atoms with Crippen LogP contribution in [0.4, 0.5) is 10.1 Å². The van der Waals surface area contributed by atoms with E-state index in [0.717, 1.165) is 0 Å². The maximum atomic E-state index is 13.6. The third kappa shape index (κ3) is 5.41. The van der Waals surface area contributed by atoms with Gasteiger partial charge in [0, 0.05) is 19.2 Å². The van der Waals surface area contributed by atoms with Crippen molar-refractivity contribution in [3.8, 4) is 0 Å². The Bertz CT molecular complexity index is 757. The molecule has 4 nitrogen and oxygen atoms in total. The molecule has 0 atom stereocenters. The standard InChI is InChI=1S/C21H25FN2O2/c1-15(2)17-8-10-19(11-9-17)24(16(3)25)14-21(26)23-13-12-18-6-4-5-7-20(18)22/h4-11,15H,12-14H2,1-3H3,(H,23,26). The van der Waals surface area contributed by atoms with Crippen LogP contribution >= 0.6 is 0 Å². The summed E-state index contributed by atoms with van der Waals surface area (Å²) >= 11 is 0. The Kier molecular flexibility index (Phi) is 6.89. The van der Waals surface area contributed by atoms with Crippen LogP contribution in [0.3, 0.4) is 0 Å². The molecule has 0 aliphatic rings. The van der Waals surface area contributed by atoms with Crippen molar-refractivity contribution in [2.24, 2.45) is 0 Å². The predicted molar refractivity (Wildman–Crippen MR) is 102 cm³/mol. The van der Waals surface area contributed by atoms with Crippen molar-refractivity contribution < 1.29 is 14.0 Å². The van der Waals surface area contributed by atoms with Gasteiger partial charge in [0.05, 0.1) is 0 Å². The highest BCUT2D eigenvalue weighted by molar-refractivity contribution is 5.97. The van der Waals surface area contributed by atoms with Crippen molar-refractivity contribution in [1.82, 2.24) is 5.32 Å². The second kappa shape index (κ2) is 9.13. The van der Waals surface area contributed by atoms with E-state index in [1.807, 2.05) is 24.3 Å². The Hall–Kier alpha value is -2.69. The summed E-state index contributed by atoms with van der Waals surface area (Å²) in [6.45, 7) is 5.88. The van der Waals surface area contributed by atoms with Crippen LogP contribution in [0, 0.1) is 5.82 Å². The van der Waals surface area contributed by atoms with E-state index in [2.05, 4.69) is 19.2 Å². The van der Waals surface area contributed by atoms with E-state index in [4.69, 9.17) is 0 Å². The number of carbonyl (C=O) groups excluding carboxylic acids is 2. The third-order valence-corrected chi connectivity index (χ3v) is 4.23. The van der Waals surface area contributed by atoms with Crippen LogP contribution in [-0.4, -0.2) is 24.9 Å². The average Bonchev–Trinajstić information content (AvgIpc) is 2.61. The minimum absolute atomic E-state index is 0.0619. The Morgan fingerprint density at radius 2 is 1.73 bits per heavy atom. The Balaban J connectivity index is 1.93. The molecule has 0 unspecified atom stereocenters. The minimum atomic E-state index is -0.280. The van der Waals surface area contributed by atoms with Gasteiger partial charge in [0.1, 0.15) is 12.4 Å². The number of nitrogens with one attached hydrogen (secondary N) is 1. The number of benzene rings is 2. The maximum absolute atomic E-state index is 13.6. The number of anilines is 1. The highest BCUT2D eigenvalue weighted by atomic mass is 19.1. The number of carbonyl (C=O) groups is 2. The molecule has 2 amide bonds. The van der Waals surface area contributed by atoms with Crippen molar-refractivity contribution in [2.45, 2.75) is 33.1 Å². The summed E-state index contributed by atoms with van der Waals surface area (Å²) < 4.78 is 13.6. The van der Waals surface area contributed by atoms with Gasteiger partial charge in [0.2, 0.25) is 11.8 Å². The third-order valence-electron chi connectivity index (χ3n) is 4.23. The van der Waals surface area contributed by atoms with Crippen LogP contribution in [0.25, 0.3) is 0 Å². The summed E-state index contributed by atoms with van der Waals surface area (Å²) in [6, 6.07) is 14.1. The molecule has 0 bridgehead atoms. The van der Waals surface area contributed by atoms with Gasteiger partial charge in [0.15, 0.2) is 0 Å². The number of halogens is 1. The number of rotatable bonds is 7. The molecule has 0 saturated carbocycles. The summed E-state index contributed by atoms with van der Waals surface area (Å²) in [5.74, 6) is -0.357. The van der Waals surface area contributed by atoms with Crippen molar-refractivity contribution in [3.63, 3.8) is 0 Å². The fourth-order valence-corrected chi connectivity index (χ4v) is 2.66. The quantitative estimate of drug-likeness (QED) is 0.823. The lowest BCUT2D eigenvalue weighted by atomic mass is 10.0. The Morgan fingerprint density at radius 3 is 2.31 bits per heavy atom. The largest absolute Gasteiger partial charge is 0.354 e. The Morgan fingerprint density at radius 1 is 1.08 bits per heavy atom. The molecular formula is C21H25FN2O2. The summed E-state index contributed by atoms with van der Waals surface area (Å²) in [6.07, 6.45) is 0.404. The van der Waals surface area contributed by atoms with Gasteiger partial charge in [-0.15, -0.1) is 0 Å². The van der Waals surface area contributed by atoms with Crippen molar-refractivity contribution >= 4 is 17.5 Å². The average molecular weight is 356 g/mol. The summed E-state index contributed by atoms with van der Waals surface area (Å²) in [5, 5.41) is 2.74. The molecule has 0 radical (unpaired) electrons. The molecule has 2 aromatic carbocycles. The van der Waals surface area contributed by atoms with Gasteiger partial charge < -0.3 is 10.2 Å². The van der Waals surface area contributed by atoms with E-state index < -0.39 is 0 Å². The smallest absolute Gasteiger partial charge is 0.240 e. The summed E-state index contributed by atoms with van der Waals surface area (Å²) in [4.78, 5) is 25.6. The second-order valence-electron chi connectivity index (χ2n) is 6.54. The van der Waals surface area contributed by atoms with E-state index in [9.17, 15) is 14.0 Å². The number of nitrogens with zero attached hydrogens (tertiary/aromatic N) is 1. The number of hydrogen-bond donors (Lipinski definition) is 1. The first-order chi connectivity index (χ1) is 12.4. The van der Waals surface area contributed by atoms with E-state index in [-0.39, 0.29) is 24.2 Å². The molecule has 26 heavy (non-hydrogen) atoms. The van der Waals surface area contributed by atoms with Gasteiger partial charge in [-0.1, -0.05) is 44.2 Å². The first-order valence-corrected chi connectivity index (χ1v) is 8.76. The molecule has 0 fully saturated rings. The van der Waals surface area contributed by atoms with Gasteiger partial charge in [0.25, 0.3) is 0 Å². The Labute approximate surface area is 154 Å². The molecule has 0 aliphatic carbocycles. The first-order valence-electron chi connectivity index (χ1n) is 8.76. The van der Waals surface area contributed by atoms with Gasteiger partial charge in [-0.3, -0.25) is 9.59 Å². The van der Waals surface area contributed by atoms with Crippen LogP contribution < -0.4 is 10.2 Å². The van der Waals surface area contributed by atoms with Crippen LogP contribution in [-0.2, 0) is 16.0 Å². The topological polar surface area (TPSA) is 49.4 Å². The van der Waals surface area contributed by atoms with Crippen LogP contribution in [0.1, 0.15) is 37.8 Å². The van der Waals surface area contributed by atoms with Crippen molar-refractivity contribution in [2.75, 3.05) is 18.0 Å². The number of hydrogen-bond acceptors (Lipinski definition) is 2. The molecular weight excluding hydrogens is 331 g/mol. The van der Waals surface area contributed by atoms with E-state index >= 15 is 0 Å². The first kappa shape index (κ1) is 19.6. The molecule has 2 rings (SSSR count). The molecule has 0 heterocycles. The molecule has 5 heteroatoms. The zero-order valence-corrected chi connectivity index (χ0v) is 15.5. The molecule has 0 aromatic heterocycles. The van der Waals surface area contributed by atoms with E-state index in [1.165, 1.54) is 23.5 Å². The van der Waals surface area contributed by atoms with E-state index in [1.54, 1.807) is 18.2 Å². The highest BCUT2D eigenvalue weighted by Crippen LogP contribution is 2.20. The lowest BCUT2D eigenvalue weighted by Gasteiger charge is -2.21. The molecule has 138 valence electrons. The van der Waals surface area contributed by atoms with Gasteiger partial charge in [-0.25, -0.2) is 4.39 Å². The van der Waals surface area contributed by atoms with E-state index in [0.29, 0.717) is 30.1 Å². The molecule has 0 aliphatic heterocycles. The summed E-state index contributed by atoms with van der Waals surface area (Å²) in [7, 11) is 0. The summed E-state index contributed by atoms with van der Waals surface area (Å²) in [5.41, 5.74) is 2.42. The van der Waals surface area contributed by atoms with Gasteiger partial charge in [-0.2, -0.15) is 0 Å². The number of amides is 2. The molecule has 0 spiro atoms. The zero-order chi connectivity index (χ0) is 19.1. The lowest BCUT2D eigenvalue weighted by molar-refractivity contribution is -0.123. The van der Waals surface area contributed by atoms with Crippen LogP contribution in [0.15, 0.2) is 48.5 Å². The lowest BCUT2D eigenvalue weighted by Crippen LogP contribution is -2.40. The highest BCUT2D eigenvalue weighted by Gasteiger charge is 2.16. The normalized spacial score (nSPS) is 10.7. The molecule has 2 aromatic rings. The molecule has 0 saturated heterocycles. The van der Waals surface area contributed by atoms with Gasteiger partial charge >= 0.3 is 0 Å². The maximum Gasteiger partial charge on any atom is 0.240 e. The monoisotopic (exact) mass is 356 g/mol. The van der Waals surface area contributed by atoms with Gasteiger partial charge in [-0.05, 0) is 41.7 Å². The SMILES string of the molecule is CC(=O)N(CC(=O)NCCc1ccccc1F)c1ccc(C(C)C)cc1. The minimum Gasteiger partial charge on any atom is -0.354 e. The molecule has 1 N–H and O–H groups in total. The fraction of sp³-hybridized carbons (Fsp3) is 0.333. The van der Waals surface area contributed by atoms with Crippen LogP contribution in [0.2, 0.25) is 0 Å².